The highest BCUT2D eigenvalue weighted by Crippen LogP contribution is 2.41. The van der Waals surface area contributed by atoms with Crippen LogP contribution < -0.4 is 0 Å². The molecule has 2 atom stereocenters. The van der Waals surface area contributed by atoms with Crippen LogP contribution in [0, 0.1) is 0 Å². The fourth-order valence-corrected chi connectivity index (χ4v) is 3.28. The molecule has 0 bridgehead atoms. The van der Waals surface area contributed by atoms with E-state index in [1.807, 2.05) is 28.8 Å². The zero-order valence-corrected chi connectivity index (χ0v) is 10.1. The first-order chi connectivity index (χ1) is 7.16. The molecule has 2 heterocycles. The smallest absolute Gasteiger partial charge is 0.104 e. The summed E-state index contributed by atoms with van der Waals surface area (Å²) in [5.41, 5.74) is 0.306. The number of nitrogens with zero attached hydrogens (tertiary/aromatic N) is 2. The SMILES string of the molecule is CCn1cc(C2(O)CCCSC2C)cn1. The Balaban J connectivity index is 2.26. The monoisotopic (exact) mass is 226 g/mol. The van der Waals surface area contributed by atoms with Crippen molar-refractivity contribution >= 4 is 11.8 Å². The molecule has 15 heavy (non-hydrogen) atoms. The Bertz CT molecular complexity index is 339. The van der Waals surface area contributed by atoms with Crippen molar-refractivity contribution in [2.75, 3.05) is 5.75 Å². The van der Waals surface area contributed by atoms with Crippen molar-refractivity contribution in [2.24, 2.45) is 0 Å². The van der Waals surface area contributed by atoms with Crippen molar-refractivity contribution in [3.05, 3.63) is 18.0 Å². The Morgan fingerprint density at radius 3 is 3.13 bits per heavy atom. The molecule has 3 nitrogen and oxygen atoms in total. The number of thioether (sulfide) groups is 1. The zero-order valence-electron chi connectivity index (χ0n) is 9.31. The van der Waals surface area contributed by atoms with Crippen LogP contribution in [-0.2, 0) is 12.1 Å². The predicted octanol–water partition coefficient (Wildman–Crippen LogP) is 2.01. The Kier molecular flexibility index (Phi) is 3.07. The van der Waals surface area contributed by atoms with Crippen LogP contribution in [0.4, 0.5) is 0 Å². The minimum Gasteiger partial charge on any atom is -0.384 e. The summed E-state index contributed by atoms with van der Waals surface area (Å²) in [6.45, 7) is 5.02. The van der Waals surface area contributed by atoms with Crippen molar-refractivity contribution in [3.8, 4) is 0 Å². The van der Waals surface area contributed by atoms with Gasteiger partial charge in [-0.15, -0.1) is 0 Å². The fraction of sp³-hybridized carbons (Fsp3) is 0.727. The maximum absolute atomic E-state index is 10.6. The van der Waals surface area contributed by atoms with Gasteiger partial charge in [-0.25, -0.2) is 0 Å². The van der Waals surface area contributed by atoms with Gasteiger partial charge in [0.15, 0.2) is 0 Å². The van der Waals surface area contributed by atoms with E-state index >= 15 is 0 Å². The summed E-state index contributed by atoms with van der Waals surface area (Å²) < 4.78 is 1.87. The van der Waals surface area contributed by atoms with Gasteiger partial charge >= 0.3 is 0 Å². The van der Waals surface area contributed by atoms with E-state index in [4.69, 9.17) is 0 Å². The summed E-state index contributed by atoms with van der Waals surface area (Å²) >= 11 is 1.85. The summed E-state index contributed by atoms with van der Waals surface area (Å²) in [5.74, 6) is 1.16. The van der Waals surface area contributed by atoms with E-state index in [1.165, 1.54) is 0 Å². The van der Waals surface area contributed by atoms with Crippen molar-refractivity contribution in [1.82, 2.24) is 9.78 Å². The molecule has 1 fully saturated rings. The zero-order chi connectivity index (χ0) is 10.9. The van der Waals surface area contributed by atoms with Gasteiger partial charge in [-0.2, -0.15) is 16.9 Å². The highest BCUT2D eigenvalue weighted by Gasteiger charge is 2.39. The minimum absolute atomic E-state index is 0.265. The number of aromatic nitrogens is 2. The van der Waals surface area contributed by atoms with Crippen LogP contribution >= 0.6 is 11.8 Å². The summed E-state index contributed by atoms with van der Waals surface area (Å²) in [4.78, 5) is 0. The van der Waals surface area contributed by atoms with Gasteiger partial charge in [-0.1, -0.05) is 6.92 Å². The van der Waals surface area contributed by atoms with Gasteiger partial charge < -0.3 is 5.11 Å². The van der Waals surface area contributed by atoms with Gasteiger partial charge in [-0.3, -0.25) is 4.68 Å². The molecule has 1 aliphatic rings. The van der Waals surface area contributed by atoms with Gasteiger partial charge in [0.2, 0.25) is 0 Å². The van der Waals surface area contributed by atoms with Gasteiger partial charge in [0.25, 0.3) is 0 Å². The second kappa shape index (κ2) is 4.18. The number of hydrogen-bond acceptors (Lipinski definition) is 3. The minimum atomic E-state index is -0.670. The quantitative estimate of drug-likeness (QED) is 0.838. The Morgan fingerprint density at radius 2 is 2.53 bits per heavy atom. The van der Waals surface area contributed by atoms with Crippen molar-refractivity contribution in [3.63, 3.8) is 0 Å². The average Bonchev–Trinajstić information content (AvgIpc) is 2.71. The molecule has 0 aliphatic carbocycles. The first-order valence-corrected chi connectivity index (χ1v) is 6.58. The van der Waals surface area contributed by atoms with E-state index in [9.17, 15) is 5.11 Å². The van der Waals surface area contributed by atoms with Crippen molar-refractivity contribution in [2.45, 2.75) is 44.1 Å². The number of hydrogen-bond donors (Lipinski definition) is 1. The molecular weight excluding hydrogens is 208 g/mol. The molecule has 1 aliphatic heterocycles. The summed E-state index contributed by atoms with van der Waals surface area (Å²) in [6, 6.07) is 0. The van der Waals surface area contributed by atoms with E-state index in [0.717, 1.165) is 30.7 Å². The lowest BCUT2D eigenvalue weighted by atomic mass is 9.88. The van der Waals surface area contributed by atoms with Crippen LogP contribution in [0.25, 0.3) is 0 Å². The van der Waals surface area contributed by atoms with Crippen LogP contribution in [0.15, 0.2) is 12.4 Å². The van der Waals surface area contributed by atoms with E-state index < -0.39 is 5.60 Å². The second-order valence-electron chi connectivity index (χ2n) is 4.13. The van der Waals surface area contributed by atoms with Gasteiger partial charge in [0.1, 0.15) is 5.60 Å². The predicted molar refractivity (Wildman–Crippen MR) is 63.0 cm³/mol. The molecule has 84 valence electrons. The molecule has 0 aromatic carbocycles. The summed E-state index contributed by atoms with van der Waals surface area (Å²) in [7, 11) is 0. The van der Waals surface area contributed by atoms with Crippen LogP contribution in [0.3, 0.4) is 0 Å². The molecular formula is C11H18N2OS. The summed E-state index contributed by atoms with van der Waals surface area (Å²) in [6.07, 6.45) is 5.73. The average molecular weight is 226 g/mol. The van der Waals surface area contributed by atoms with Crippen molar-refractivity contribution in [1.29, 1.82) is 0 Å². The van der Waals surface area contributed by atoms with Crippen LogP contribution in [-0.4, -0.2) is 25.9 Å². The Hall–Kier alpha value is -0.480. The molecule has 2 rings (SSSR count). The van der Waals surface area contributed by atoms with E-state index in [0.29, 0.717) is 0 Å². The lowest BCUT2D eigenvalue weighted by molar-refractivity contribution is 0.0253. The Labute approximate surface area is 94.9 Å². The van der Waals surface area contributed by atoms with Crippen LogP contribution in [0.1, 0.15) is 32.3 Å². The molecule has 1 saturated heterocycles. The molecule has 4 heteroatoms. The second-order valence-corrected chi connectivity index (χ2v) is 5.57. The van der Waals surface area contributed by atoms with E-state index in [2.05, 4.69) is 18.9 Å². The lowest BCUT2D eigenvalue weighted by Gasteiger charge is -2.36. The molecule has 1 N–H and O–H groups in total. The highest BCUT2D eigenvalue weighted by atomic mass is 32.2. The molecule has 1 aromatic heterocycles. The van der Waals surface area contributed by atoms with Gasteiger partial charge in [-0.05, 0) is 25.5 Å². The van der Waals surface area contributed by atoms with Crippen molar-refractivity contribution < 1.29 is 5.11 Å². The third kappa shape index (κ3) is 1.93. The van der Waals surface area contributed by atoms with E-state index in [1.54, 1.807) is 0 Å². The van der Waals surface area contributed by atoms with Crippen LogP contribution in [0.5, 0.6) is 0 Å². The largest absolute Gasteiger partial charge is 0.384 e. The number of aliphatic hydroxyl groups is 1. The molecule has 0 saturated carbocycles. The normalized spacial score (nSPS) is 31.8. The molecule has 0 spiro atoms. The molecule has 2 unspecified atom stereocenters. The third-order valence-electron chi connectivity index (χ3n) is 3.20. The first-order valence-electron chi connectivity index (χ1n) is 5.53. The first kappa shape index (κ1) is 11.0. The Morgan fingerprint density at radius 1 is 1.73 bits per heavy atom. The standard InChI is InChI=1S/C11H18N2OS/c1-3-13-8-10(7-12-13)11(14)5-4-6-15-9(11)2/h7-9,14H,3-6H2,1-2H3. The van der Waals surface area contributed by atoms with Gasteiger partial charge in [0, 0.05) is 23.6 Å². The third-order valence-corrected chi connectivity index (χ3v) is 4.61. The topological polar surface area (TPSA) is 38.0 Å². The molecule has 1 aromatic rings. The summed E-state index contributed by atoms with van der Waals surface area (Å²) in [5, 5.41) is 15.1. The maximum Gasteiger partial charge on any atom is 0.104 e. The fourth-order valence-electron chi connectivity index (χ4n) is 2.08. The number of rotatable bonds is 2. The maximum atomic E-state index is 10.6. The van der Waals surface area contributed by atoms with E-state index in [-0.39, 0.29) is 5.25 Å². The molecule has 0 amide bonds. The van der Waals surface area contributed by atoms with Gasteiger partial charge in [0.05, 0.1) is 6.20 Å². The molecule has 0 radical (unpaired) electrons. The number of aryl methyl sites for hydroxylation is 1. The van der Waals surface area contributed by atoms with Crippen LogP contribution in [0.2, 0.25) is 0 Å². The lowest BCUT2D eigenvalue weighted by Crippen LogP contribution is -2.38. The highest BCUT2D eigenvalue weighted by molar-refractivity contribution is 8.00.